The molecule has 9 heavy (non-hydrogen) atoms. The third kappa shape index (κ3) is 8.44. The molecule has 0 spiro atoms. The molecule has 0 N–H and O–H groups in total. The van der Waals surface area contributed by atoms with Crippen molar-refractivity contribution in [1.29, 1.82) is 0 Å². The van der Waals surface area contributed by atoms with E-state index >= 15 is 0 Å². The summed E-state index contributed by atoms with van der Waals surface area (Å²) in [6.07, 6.45) is 1.12. The van der Waals surface area contributed by atoms with E-state index in [9.17, 15) is 0 Å². The second-order valence-electron chi connectivity index (χ2n) is 3.33. The summed E-state index contributed by atoms with van der Waals surface area (Å²) in [5.41, 5.74) is 1.06. The van der Waals surface area contributed by atoms with Gasteiger partial charge in [-0.2, -0.15) is 0 Å². The van der Waals surface area contributed by atoms with Crippen LogP contribution in [0.4, 0.5) is 0 Å². The molecule has 0 rings (SSSR count). The Morgan fingerprint density at radius 2 is 1.89 bits per heavy atom. The molecule has 0 amide bonds. The van der Waals surface area contributed by atoms with E-state index < -0.39 is 0 Å². The van der Waals surface area contributed by atoms with Gasteiger partial charge in [-0.25, -0.2) is 0 Å². The lowest BCUT2D eigenvalue weighted by Gasteiger charge is -2.16. The highest BCUT2D eigenvalue weighted by atomic mass is 79.9. The average Bonchev–Trinajstić information content (AvgIpc) is 1.63. The second-order valence-corrected chi connectivity index (χ2v) is 3.79. The highest BCUT2D eigenvalue weighted by molar-refractivity contribution is 9.09. The van der Waals surface area contributed by atoms with Gasteiger partial charge >= 0.3 is 0 Å². The molecule has 0 saturated heterocycles. The van der Waals surface area contributed by atoms with Crippen LogP contribution in [0, 0.1) is 5.41 Å². The summed E-state index contributed by atoms with van der Waals surface area (Å²) in [5.74, 6) is 0. The number of hydrogen-bond donors (Lipinski definition) is 0. The first-order valence-electron chi connectivity index (χ1n) is 3.20. The average molecular weight is 195 g/mol. The fraction of sp³-hybridized carbons (Fsp3) is 1.00. The van der Waals surface area contributed by atoms with Crippen LogP contribution in [0.2, 0.25) is 0 Å². The van der Waals surface area contributed by atoms with Gasteiger partial charge in [0.25, 0.3) is 0 Å². The molecule has 0 saturated carbocycles. The first kappa shape index (κ1) is 9.44. The molecule has 0 aliphatic rings. The van der Waals surface area contributed by atoms with Gasteiger partial charge < -0.3 is 4.74 Å². The van der Waals surface area contributed by atoms with Gasteiger partial charge in [0.15, 0.2) is 0 Å². The summed E-state index contributed by atoms with van der Waals surface area (Å²) >= 11 is 3.19. The molecule has 0 aliphatic heterocycles. The zero-order valence-corrected chi connectivity index (χ0v) is 7.99. The maximum atomic E-state index is 5.13. The Balaban J connectivity index is 3.07. The summed E-state index contributed by atoms with van der Waals surface area (Å²) < 4.78 is 5.13. The van der Waals surface area contributed by atoms with E-state index in [0.717, 1.165) is 13.0 Å². The maximum absolute atomic E-state index is 5.13. The number of halogens is 1. The van der Waals surface area contributed by atoms with Crippen LogP contribution in [0.5, 0.6) is 0 Å². The summed E-state index contributed by atoms with van der Waals surface area (Å²) in [6.45, 7) is 7.49. The summed E-state index contributed by atoms with van der Waals surface area (Å²) in [7, 11) is 0. The van der Waals surface area contributed by atoms with Gasteiger partial charge in [0.05, 0.1) is 0 Å². The van der Waals surface area contributed by atoms with Crippen LogP contribution in [-0.4, -0.2) is 12.1 Å². The van der Waals surface area contributed by atoms with Crippen molar-refractivity contribution in [3.05, 3.63) is 0 Å². The maximum Gasteiger partial charge on any atom is 0.101 e. The number of hydrogen-bond acceptors (Lipinski definition) is 1. The minimum absolute atomic E-state index is 0.405. The Kier molecular flexibility index (Phi) is 4.50. The largest absolute Gasteiger partial charge is 0.370 e. The zero-order valence-electron chi connectivity index (χ0n) is 6.41. The first-order valence-corrected chi connectivity index (χ1v) is 4.32. The fourth-order valence-electron chi connectivity index (χ4n) is 0.433. The monoisotopic (exact) mass is 194 g/mol. The van der Waals surface area contributed by atoms with Crippen LogP contribution in [0.1, 0.15) is 27.2 Å². The Bertz CT molecular complexity index is 65.8. The van der Waals surface area contributed by atoms with Gasteiger partial charge in [0.2, 0.25) is 0 Å². The summed E-state index contributed by atoms with van der Waals surface area (Å²) in [5, 5.41) is 0. The van der Waals surface area contributed by atoms with Crippen molar-refractivity contribution in [1.82, 2.24) is 0 Å². The van der Waals surface area contributed by atoms with E-state index in [4.69, 9.17) is 4.74 Å². The van der Waals surface area contributed by atoms with Crippen LogP contribution in [0.3, 0.4) is 0 Å². The van der Waals surface area contributed by atoms with Crippen molar-refractivity contribution >= 4 is 15.9 Å². The highest BCUT2D eigenvalue weighted by Crippen LogP contribution is 2.17. The van der Waals surface area contributed by atoms with Crippen molar-refractivity contribution in [3.8, 4) is 0 Å². The molecule has 0 heterocycles. The fourth-order valence-corrected chi connectivity index (χ4v) is 0.662. The van der Waals surface area contributed by atoms with E-state index in [0.29, 0.717) is 10.9 Å². The van der Waals surface area contributed by atoms with Gasteiger partial charge in [-0.15, -0.1) is 0 Å². The highest BCUT2D eigenvalue weighted by Gasteiger charge is 2.08. The molecule has 2 heteroatoms. The van der Waals surface area contributed by atoms with E-state index in [1.165, 1.54) is 0 Å². The molecule has 0 atom stereocenters. The first-order chi connectivity index (χ1) is 4.06. The number of alkyl halides is 1. The molecule has 0 aromatic heterocycles. The lowest BCUT2D eigenvalue weighted by molar-refractivity contribution is 0.150. The molecule has 56 valence electrons. The second kappa shape index (κ2) is 4.29. The van der Waals surface area contributed by atoms with Crippen molar-refractivity contribution in [2.75, 3.05) is 12.1 Å². The molecule has 0 aromatic carbocycles. The predicted octanol–water partition coefficient (Wildman–Crippen LogP) is 2.79. The van der Waals surface area contributed by atoms with Crippen LogP contribution in [-0.2, 0) is 4.74 Å². The van der Waals surface area contributed by atoms with Crippen LogP contribution >= 0.6 is 15.9 Å². The third-order valence-corrected chi connectivity index (χ3v) is 1.40. The third-order valence-electron chi connectivity index (χ3n) is 1.07. The smallest absolute Gasteiger partial charge is 0.101 e. The van der Waals surface area contributed by atoms with Crippen molar-refractivity contribution in [2.45, 2.75) is 27.2 Å². The molecule has 0 aromatic rings. The molecule has 0 unspecified atom stereocenters. The van der Waals surface area contributed by atoms with Crippen LogP contribution in [0.25, 0.3) is 0 Å². The quantitative estimate of drug-likeness (QED) is 0.497. The van der Waals surface area contributed by atoms with Gasteiger partial charge in [-0.1, -0.05) is 36.7 Å². The van der Waals surface area contributed by atoms with E-state index in [1.807, 2.05) is 0 Å². The predicted molar refractivity (Wildman–Crippen MR) is 43.8 cm³/mol. The molecule has 0 bridgehead atoms. The molecular formula is C7H15BrO. The van der Waals surface area contributed by atoms with Gasteiger partial charge in [0.1, 0.15) is 5.52 Å². The standard InChI is InChI=1S/C7H15BrO/c1-7(2,3)4-5-9-6-8/h4-6H2,1-3H3. The summed E-state index contributed by atoms with van der Waals surface area (Å²) in [4.78, 5) is 0. The lowest BCUT2D eigenvalue weighted by Crippen LogP contribution is -2.08. The normalized spacial score (nSPS) is 12.0. The lowest BCUT2D eigenvalue weighted by atomic mass is 9.93. The van der Waals surface area contributed by atoms with Crippen molar-refractivity contribution < 1.29 is 4.74 Å². The van der Waals surface area contributed by atoms with Crippen molar-refractivity contribution in [3.63, 3.8) is 0 Å². The van der Waals surface area contributed by atoms with E-state index in [2.05, 4.69) is 36.7 Å². The minimum atomic E-state index is 0.405. The van der Waals surface area contributed by atoms with Gasteiger partial charge in [-0.3, -0.25) is 0 Å². The molecular weight excluding hydrogens is 180 g/mol. The van der Waals surface area contributed by atoms with E-state index in [-0.39, 0.29) is 0 Å². The van der Waals surface area contributed by atoms with Gasteiger partial charge in [0, 0.05) is 6.61 Å². The number of ether oxygens (including phenoxy) is 1. The number of rotatable bonds is 3. The Morgan fingerprint density at radius 1 is 1.33 bits per heavy atom. The zero-order chi connectivity index (χ0) is 7.33. The van der Waals surface area contributed by atoms with Crippen molar-refractivity contribution in [2.24, 2.45) is 5.41 Å². The topological polar surface area (TPSA) is 9.23 Å². The molecule has 0 aliphatic carbocycles. The van der Waals surface area contributed by atoms with Crippen LogP contribution in [0.15, 0.2) is 0 Å². The molecule has 1 nitrogen and oxygen atoms in total. The molecule has 0 fully saturated rings. The van der Waals surface area contributed by atoms with Gasteiger partial charge in [-0.05, 0) is 11.8 Å². The molecule has 0 radical (unpaired) electrons. The SMILES string of the molecule is CC(C)(C)CCOCBr. The van der Waals surface area contributed by atoms with E-state index in [1.54, 1.807) is 0 Å². The Morgan fingerprint density at radius 3 is 2.22 bits per heavy atom. The summed E-state index contributed by atoms with van der Waals surface area (Å²) in [6, 6.07) is 0. The Labute approximate surface area is 65.9 Å². The van der Waals surface area contributed by atoms with Crippen LogP contribution < -0.4 is 0 Å². The minimum Gasteiger partial charge on any atom is -0.370 e. The Hall–Kier alpha value is 0.440.